The molecule has 4 rings (SSSR count). The molecule has 1 unspecified atom stereocenters. The fraction of sp³-hybridized carbons (Fsp3) is 0.600. The fourth-order valence-electron chi connectivity index (χ4n) is 4.94. The number of carbonyl (C=O) groups excluding carboxylic acids is 1. The standard InChI is InChI=1S/C25H36N4O3/c1-19-23(20(2)32-26-19)17-27-13-15-28(16-14-27)25(30)18-29-12-6-4-5-7-24(29)21-8-10-22(31-3)11-9-21/h8-11,24H,4-7,12-18H2,1-3H3. The Morgan fingerprint density at radius 3 is 2.47 bits per heavy atom. The van der Waals surface area contributed by atoms with E-state index < -0.39 is 0 Å². The van der Waals surface area contributed by atoms with Gasteiger partial charge in [-0.2, -0.15) is 0 Å². The first-order valence-electron chi connectivity index (χ1n) is 11.8. The number of amides is 1. The van der Waals surface area contributed by atoms with Crippen LogP contribution in [0.15, 0.2) is 28.8 Å². The number of rotatable bonds is 6. The van der Waals surface area contributed by atoms with Gasteiger partial charge in [-0.1, -0.05) is 30.1 Å². The number of nitrogens with zero attached hydrogens (tertiary/aromatic N) is 4. The highest BCUT2D eigenvalue weighted by atomic mass is 16.5. The van der Waals surface area contributed by atoms with E-state index in [1.54, 1.807) is 7.11 Å². The Balaban J connectivity index is 1.34. The largest absolute Gasteiger partial charge is 0.497 e. The zero-order valence-electron chi connectivity index (χ0n) is 19.7. The van der Waals surface area contributed by atoms with E-state index in [9.17, 15) is 4.79 Å². The number of aromatic nitrogens is 1. The fourth-order valence-corrected chi connectivity index (χ4v) is 4.94. The van der Waals surface area contributed by atoms with Crippen molar-refractivity contribution in [3.63, 3.8) is 0 Å². The lowest BCUT2D eigenvalue weighted by Crippen LogP contribution is -2.51. The SMILES string of the molecule is COc1ccc(C2CCCCCN2CC(=O)N2CCN(Cc3c(C)noc3C)CC2)cc1. The first-order chi connectivity index (χ1) is 15.5. The third-order valence-electron chi connectivity index (χ3n) is 6.99. The molecule has 1 atom stereocenters. The molecule has 1 aromatic carbocycles. The number of carbonyl (C=O) groups is 1. The number of hydrogen-bond acceptors (Lipinski definition) is 6. The topological polar surface area (TPSA) is 62.1 Å². The molecule has 0 N–H and O–H groups in total. The van der Waals surface area contributed by atoms with Gasteiger partial charge in [0.2, 0.25) is 5.91 Å². The van der Waals surface area contributed by atoms with Crippen molar-refractivity contribution in [2.75, 3.05) is 46.4 Å². The van der Waals surface area contributed by atoms with E-state index >= 15 is 0 Å². The minimum Gasteiger partial charge on any atom is -0.497 e. The summed E-state index contributed by atoms with van der Waals surface area (Å²) >= 11 is 0. The summed E-state index contributed by atoms with van der Waals surface area (Å²) in [6.07, 6.45) is 4.70. The number of likely N-dealkylation sites (tertiary alicyclic amines) is 1. The summed E-state index contributed by atoms with van der Waals surface area (Å²) in [4.78, 5) is 20.0. The van der Waals surface area contributed by atoms with Gasteiger partial charge < -0.3 is 14.2 Å². The van der Waals surface area contributed by atoms with Crippen LogP contribution in [-0.4, -0.2) is 72.1 Å². The molecule has 32 heavy (non-hydrogen) atoms. The maximum absolute atomic E-state index is 13.2. The highest BCUT2D eigenvalue weighted by Crippen LogP contribution is 2.31. The second kappa shape index (κ2) is 10.5. The predicted molar refractivity (Wildman–Crippen MR) is 124 cm³/mol. The van der Waals surface area contributed by atoms with Gasteiger partial charge >= 0.3 is 0 Å². The van der Waals surface area contributed by atoms with Gasteiger partial charge in [0.15, 0.2) is 0 Å². The van der Waals surface area contributed by atoms with Gasteiger partial charge in [-0.15, -0.1) is 0 Å². The van der Waals surface area contributed by atoms with E-state index in [1.165, 1.54) is 24.0 Å². The van der Waals surface area contributed by atoms with E-state index in [1.807, 2.05) is 30.9 Å². The molecule has 7 heteroatoms. The molecule has 2 saturated heterocycles. The summed E-state index contributed by atoms with van der Waals surface area (Å²) in [7, 11) is 1.69. The number of methoxy groups -OCH3 is 1. The maximum Gasteiger partial charge on any atom is 0.236 e. The Hall–Kier alpha value is -2.38. The molecule has 0 aliphatic carbocycles. The highest BCUT2D eigenvalue weighted by molar-refractivity contribution is 5.78. The van der Waals surface area contributed by atoms with Crippen molar-refractivity contribution in [1.29, 1.82) is 0 Å². The quantitative estimate of drug-likeness (QED) is 0.685. The smallest absolute Gasteiger partial charge is 0.236 e. The molecule has 1 aromatic heterocycles. The minimum absolute atomic E-state index is 0.252. The highest BCUT2D eigenvalue weighted by Gasteiger charge is 2.28. The lowest BCUT2D eigenvalue weighted by atomic mass is 10.0. The van der Waals surface area contributed by atoms with Gasteiger partial charge in [-0.05, 0) is 50.9 Å². The van der Waals surface area contributed by atoms with E-state index in [0.717, 1.165) is 69.3 Å². The molecule has 7 nitrogen and oxygen atoms in total. The Bertz CT molecular complexity index is 868. The van der Waals surface area contributed by atoms with Crippen LogP contribution in [0.1, 0.15) is 54.3 Å². The molecule has 2 aliphatic rings. The Morgan fingerprint density at radius 2 is 1.81 bits per heavy atom. The number of piperazine rings is 1. The van der Waals surface area contributed by atoms with Crippen LogP contribution < -0.4 is 4.74 Å². The number of hydrogen-bond donors (Lipinski definition) is 0. The molecular formula is C25H36N4O3. The van der Waals surface area contributed by atoms with E-state index in [-0.39, 0.29) is 5.91 Å². The molecule has 0 saturated carbocycles. The average Bonchev–Trinajstić information content (AvgIpc) is 3.00. The molecule has 0 bridgehead atoms. The second-order valence-electron chi connectivity index (χ2n) is 9.07. The summed E-state index contributed by atoms with van der Waals surface area (Å²) in [5.74, 6) is 2.02. The molecular weight excluding hydrogens is 404 g/mol. The molecule has 0 spiro atoms. The maximum atomic E-state index is 13.2. The molecule has 2 fully saturated rings. The summed E-state index contributed by atoms with van der Waals surface area (Å²) in [6, 6.07) is 8.66. The number of benzene rings is 1. The van der Waals surface area contributed by atoms with Crippen molar-refractivity contribution in [3.8, 4) is 5.75 Å². The van der Waals surface area contributed by atoms with Gasteiger partial charge in [0.1, 0.15) is 11.5 Å². The molecule has 3 heterocycles. The van der Waals surface area contributed by atoms with Crippen LogP contribution in [-0.2, 0) is 11.3 Å². The van der Waals surface area contributed by atoms with E-state index in [2.05, 4.69) is 27.1 Å². The first kappa shape index (κ1) is 22.8. The van der Waals surface area contributed by atoms with Gasteiger partial charge in [0.05, 0.1) is 19.3 Å². The normalized spacial score (nSPS) is 20.8. The summed E-state index contributed by atoms with van der Waals surface area (Å²) in [5, 5.41) is 4.06. The summed E-state index contributed by atoms with van der Waals surface area (Å²) in [5.41, 5.74) is 3.42. The van der Waals surface area contributed by atoms with Crippen LogP contribution in [0.3, 0.4) is 0 Å². The average molecular weight is 441 g/mol. The minimum atomic E-state index is 0.252. The lowest BCUT2D eigenvalue weighted by molar-refractivity contribution is -0.134. The number of ether oxygens (including phenoxy) is 1. The summed E-state index contributed by atoms with van der Waals surface area (Å²) in [6.45, 7) is 9.62. The van der Waals surface area contributed by atoms with Crippen LogP contribution in [0.25, 0.3) is 0 Å². The van der Waals surface area contributed by atoms with Crippen molar-refractivity contribution < 1.29 is 14.1 Å². The molecule has 1 amide bonds. The Labute approximate surface area is 191 Å². The van der Waals surface area contributed by atoms with Crippen LogP contribution in [0.2, 0.25) is 0 Å². The van der Waals surface area contributed by atoms with Gasteiger partial charge in [0, 0.05) is 44.3 Å². The zero-order valence-corrected chi connectivity index (χ0v) is 19.7. The van der Waals surface area contributed by atoms with Crippen LogP contribution in [0.5, 0.6) is 5.75 Å². The number of aryl methyl sites for hydroxylation is 2. The van der Waals surface area contributed by atoms with Crippen molar-refractivity contribution in [2.45, 2.75) is 52.1 Å². The van der Waals surface area contributed by atoms with Crippen molar-refractivity contribution in [2.24, 2.45) is 0 Å². The molecule has 2 aliphatic heterocycles. The van der Waals surface area contributed by atoms with Crippen molar-refractivity contribution >= 4 is 5.91 Å². The third kappa shape index (κ3) is 5.33. The molecule has 0 radical (unpaired) electrons. The second-order valence-corrected chi connectivity index (χ2v) is 9.07. The third-order valence-corrected chi connectivity index (χ3v) is 6.99. The monoisotopic (exact) mass is 440 g/mol. The van der Waals surface area contributed by atoms with E-state index in [4.69, 9.17) is 9.26 Å². The van der Waals surface area contributed by atoms with Gasteiger partial charge in [0.25, 0.3) is 0 Å². The Morgan fingerprint density at radius 1 is 1.06 bits per heavy atom. The lowest BCUT2D eigenvalue weighted by Gasteiger charge is -2.37. The van der Waals surface area contributed by atoms with Crippen molar-refractivity contribution in [3.05, 3.63) is 46.8 Å². The van der Waals surface area contributed by atoms with Crippen LogP contribution >= 0.6 is 0 Å². The first-order valence-corrected chi connectivity index (χ1v) is 11.8. The van der Waals surface area contributed by atoms with Crippen molar-refractivity contribution in [1.82, 2.24) is 19.9 Å². The molecule has 174 valence electrons. The van der Waals surface area contributed by atoms with Crippen LogP contribution in [0.4, 0.5) is 0 Å². The Kier molecular flexibility index (Phi) is 7.48. The van der Waals surface area contributed by atoms with Gasteiger partial charge in [-0.3, -0.25) is 14.6 Å². The molecule has 2 aromatic rings. The summed E-state index contributed by atoms with van der Waals surface area (Å²) < 4.78 is 10.6. The van der Waals surface area contributed by atoms with Crippen LogP contribution in [0, 0.1) is 13.8 Å². The predicted octanol–water partition coefficient (Wildman–Crippen LogP) is 3.56. The van der Waals surface area contributed by atoms with Gasteiger partial charge in [-0.25, -0.2) is 0 Å². The van der Waals surface area contributed by atoms with E-state index in [0.29, 0.717) is 12.6 Å². The zero-order chi connectivity index (χ0) is 22.5.